The van der Waals surface area contributed by atoms with Crippen molar-refractivity contribution < 1.29 is 8.42 Å². The van der Waals surface area contributed by atoms with Gasteiger partial charge < -0.3 is 9.47 Å². The van der Waals surface area contributed by atoms with Crippen molar-refractivity contribution in [1.82, 2.24) is 4.57 Å². The van der Waals surface area contributed by atoms with Gasteiger partial charge in [0, 0.05) is 35.9 Å². The van der Waals surface area contributed by atoms with E-state index in [-0.39, 0.29) is 0 Å². The maximum absolute atomic E-state index is 12.2. The highest BCUT2D eigenvalue weighted by molar-refractivity contribution is 7.93. The first-order valence-electron chi connectivity index (χ1n) is 11.8. The fourth-order valence-corrected chi connectivity index (χ4v) is 5.57. The van der Waals surface area contributed by atoms with Gasteiger partial charge in [-0.25, -0.2) is 8.42 Å². The number of nitrogens with zero attached hydrogens (tertiary/aromatic N) is 3. The Labute approximate surface area is 195 Å². The molecular formula is C26H30N4O2S. The second-order valence-corrected chi connectivity index (χ2v) is 11.7. The Balaban J connectivity index is 1.62. The van der Waals surface area contributed by atoms with Crippen molar-refractivity contribution in [1.29, 1.82) is 5.26 Å². The maximum Gasteiger partial charge on any atom is 0.235 e. The third-order valence-corrected chi connectivity index (χ3v) is 8.81. The minimum atomic E-state index is -3.40. The van der Waals surface area contributed by atoms with Gasteiger partial charge in [-0.15, -0.1) is 0 Å². The molecule has 3 aromatic rings. The molecule has 172 valence electrons. The van der Waals surface area contributed by atoms with Crippen molar-refractivity contribution in [2.75, 3.05) is 22.7 Å². The average molecular weight is 463 g/mol. The lowest BCUT2D eigenvalue weighted by atomic mass is 9.92. The van der Waals surface area contributed by atoms with Gasteiger partial charge in [-0.2, -0.15) is 5.26 Å². The minimum absolute atomic E-state index is 0.387. The van der Waals surface area contributed by atoms with Gasteiger partial charge >= 0.3 is 0 Å². The Hall–Kier alpha value is -2.98. The molecule has 1 aromatic heterocycles. The standard InChI is InChI=1S/C26H30N4O2S/c1-18(2)33(31,32)28-20-10-8-19(9-11-20)26-24(17-27)23-13-12-22(29-14-3-4-15-29)16-25(23)30(26)21-6-5-7-21/h8-13,16,18,21,28H,3-7,14-15H2,1-2H3. The van der Waals surface area contributed by atoms with Crippen LogP contribution in [-0.2, 0) is 10.0 Å². The minimum Gasteiger partial charge on any atom is -0.371 e. The van der Waals surface area contributed by atoms with E-state index < -0.39 is 15.3 Å². The lowest BCUT2D eigenvalue weighted by molar-refractivity contribution is 0.324. The van der Waals surface area contributed by atoms with Gasteiger partial charge in [0.1, 0.15) is 6.07 Å². The summed E-state index contributed by atoms with van der Waals surface area (Å²) in [5.41, 5.74) is 5.46. The van der Waals surface area contributed by atoms with E-state index in [1.54, 1.807) is 26.0 Å². The van der Waals surface area contributed by atoms with Crippen LogP contribution in [0.4, 0.5) is 11.4 Å². The summed E-state index contributed by atoms with van der Waals surface area (Å²) >= 11 is 0. The Bertz CT molecular complexity index is 1320. The number of rotatable bonds is 6. The number of nitrogens with one attached hydrogen (secondary N) is 1. The summed E-state index contributed by atoms with van der Waals surface area (Å²) in [6.07, 6.45) is 5.88. The van der Waals surface area contributed by atoms with Crippen LogP contribution in [0.25, 0.3) is 22.2 Å². The van der Waals surface area contributed by atoms with Crippen LogP contribution in [0.5, 0.6) is 0 Å². The topological polar surface area (TPSA) is 78.1 Å². The average Bonchev–Trinajstić information content (AvgIpc) is 3.39. The molecule has 0 bridgehead atoms. The van der Waals surface area contributed by atoms with Crippen LogP contribution in [0.3, 0.4) is 0 Å². The van der Waals surface area contributed by atoms with Crippen LogP contribution in [0.15, 0.2) is 42.5 Å². The van der Waals surface area contributed by atoms with Gasteiger partial charge in [-0.3, -0.25) is 4.72 Å². The molecule has 1 saturated carbocycles. The molecule has 0 atom stereocenters. The molecule has 1 saturated heterocycles. The zero-order chi connectivity index (χ0) is 23.2. The number of nitriles is 1. The molecule has 2 fully saturated rings. The van der Waals surface area contributed by atoms with E-state index in [4.69, 9.17) is 0 Å². The second kappa shape index (κ2) is 8.42. The van der Waals surface area contributed by atoms with Crippen molar-refractivity contribution in [2.24, 2.45) is 0 Å². The number of aromatic nitrogens is 1. The molecular weight excluding hydrogens is 432 g/mol. The quantitative estimate of drug-likeness (QED) is 0.513. The van der Waals surface area contributed by atoms with Gasteiger partial charge in [0.15, 0.2) is 0 Å². The second-order valence-electron chi connectivity index (χ2n) is 9.46. The normalized spacial score (nSPS) is 16.8. The van der Waals surface area contributed by atoms with Crippen LogP contribution in [-0.4, -0.2) is 31.3 Å². The molecule has 0 radical (unpaired) electrons. The number of fused-ring (bicyclic) bond motifs is 1. The van der Waals surface area contributed by atoms with Crippen LogP contribution >= 0.6 is 0 Å². The van der Waals surface area contributed by atoms with E-state index in [1.807, 2.05) is 12.1 Å². The highest BCUT2D eigenvalue weighted by atomic mass is 32.2. The fraction of sp³-hybridized carbons (Fsp3) is 0.423. The van der Waals surface area contributed by atoms with E-state index in [0.29, 0.717) is 17.3 Å². The molecule has 5 rings (SSSR count). The number of benzene rings is 2. The van der Waals surface area contributed by atoms with E-state index in [0.717, 1.165) is 48.1 Å². The first-order valence-corrected chi connectivity index (χ1v) is 13.4. The lowest BCUT2D eigenvalue weighted by Gasteiger charge is -2.30. The molecule has 33 heavy (non-hydrogen) atoms. The summed E-state index contributed by atoms with van der Waals surface area (Å²) in [5.74, 6) is 0. The molecule has 1 aliphatic carbocycles. The lowest BCUT2D eigenvalue weighted by Crippen LogP contribution is -2.22. The molecule has 1 aliphatic heterocycles. The van der Waals surface area contributed by atoms with E-state index in [9.17, 15) is 13.7 Å². The number of hydrogen-bond donors (Lipinski definition) is 1. The van der Waals surface area contributed by atoms with E-state index in [2.05, 4.69) is 38.5 Å². The molecule has 2 heterocycles. The van der Waals surface area contributed by atoms with Crippen LogP contribution in [0, 0.1) is 11.3 Å². The summed E-state index contributed by atoms with van der Waals surface area (Å²) in [7, 11) is -3.40. The summed E-state index contributed by atoms with van der Waals surface area (Å²) in [6.45, 7) is 5.48. The highest BCUT2D eigenvalue weighted by Crippen LogP contribution is 2.43. The monoisotopic (exact) mass is 462 g/mol. The number of hydrogen-bond acceptors (Lipinski definition) is 4. The molecule has 2 aliphatic rings. The third-order valence-electron chi connectivity index (χ3n) is 7.05. The Morgan fingerprint density at radius 3 is 2.30 bits per heavy atom. The number of sulfonamides is 1. The molecule has 0 spiro atoms. The molecule has 1 N–H and O–H groups in total. The molecule has 0 unspecified atom stereocenters. The Kier molecular flexibility index (Phi) is 5.57. The van der Waals surface area contributed by atoms with Crippen molar-refractivity contribution in [3.8, 4) is 17.3 Å². The van der Waals surface area contributed by atoms with Crippen molar-refractivity contribution in [3.05, 3.63) is 48.0 Å². The van der Waals surface area contributed by atoms with Gasteiger partial charge in [-0.1, -0.05) is 12.1 Å². The van der Waals surface area contributed by atoms with E-state index >= 15 is 0 Å². The summed E-state index contributed by atoms with van der Waals surface area (Å²) in [5, 5.41) is 10.6. The Morgan fingerprint density at radius 1 is 1.03 bits per heavy atom. The summed E-state index contributed by atoms with van der Waals surface area (Å²) < 4.78 is 29.5. The first-order chi connectivity index (χ1) is 15.9. The van der Waals surface area contributed by atoms with Crippen molar-refractivity contribution in [2.45, 2.75) is 57.2 Å². The smallest absolute Gasteiger partial charge is 0.235 e. The largest absolute Gasteiger partial charge is 0.371 e. The predicted octanol–water partition coefficient (Wildman–Crippen LogP) is 5.66. The zero-order valence-electron chi connectivity index (χ0n) is 19.2. The van der Waals surface area contributed by atoms with Gasteiger partial charge in [-0.05, 0) is 81.8 Å². The van der Waals surface area contributed by atoms with E-state index in [1.165, 1.54) is 24.9 Å². The first kappa shape index (κ1) is 21.8. The van der Waals surface area contributed by atoms with Crippen molar-refractivity contribution in [3.63, 3.8) is 0 Å². The highest BCUT2D eigenvalue weighted by Gasteiger charge is 2.28. The van der Waals surface area contributed by atoms with Crippen molar-refractivity contribution >= 4 is 32.3 Å². The molecule has 6 nitrogen and oxygen atoms in total. The number of anilines is 2. The molecule has 7 heteroatoms. The van der Waals surface area contributed by atoms with Gasteiger partial charge in [0.05, 0.1) is 22.0 Å². The third kappa shape index (κ3) is 3.87. The summed E-state index contributed by atoms with van der Waals surface area (Å²) in [6, 6.07) is 16.8. The van der Waals surface area contributed by atoms with Gasteiger partial charge in [0.2, 0.25) is 10.0 Å². The van der Waals surface area contributed by atoms with Crippen LogP contribution in [0.2, 0.25) is 0 Å². The molecule has 0 amide bonds. The maximum atomic E-state index is 12.2. The Morgan fingerprint density at radius 2 is 1.73 bits per heavy atom. The SMILES string of the molecule is CC(C)S(=O)(=O)Nc1ccc(-c2c(C#N)c3ccc(N4CCCC4)cc3n2C2CCC2)cc1. The zero-order valence-corrected chi connectivity index (χ0v) is 20.0. The van der Waals surface area contributed by atoms with Crippen LogP contribution < -0.4 is 9.62 Å². The van der Waals surface area contributed by atoms with Gasteiger partial charge in [0.25, 0.3) is 0 Å². The summed E-state index contributed by atoms with van der Waals surface area (Å²) in [4.78, 5) is 2.43. The van der Waals surface area contributed by atoms with Crippen LogP contribution in [0.1, 0.15) is 57.6 Å². The fourth-order valence-electron chi connectivity index (χ4n) is 4.87. The molecule has 2 aromatic carbocycles. The predicted molar refractivity (Wildman–Crippen MR) is 134 cm³/mol.